The molecule has 3 heterocycles. The number of amides is 1. The van der Waals surface area contributed by atoms with Crippen molar-refractivity contribution in [1.82, 2.24) is 14.5 Å². The fourth-order valence-corrected chi connectivity index (χ4v) is 3.81. The van der Waals surface area contributed by atoms with Gasteiger partial charge in [0, 0.05) is 30.9 Å². The molecule has 4 rings (SSSR count). The molecule has 0 aliphatic carbocycles. The van der Waals surface area contributed by atoms with Crippen LogP contribution in [0.15, 0.2) is 54.7 Å². The molecule has 1 saturated heterocycles. The van der Waals surface area contributed by atoms with Crippen LogP contribution in [0.5, 0.6) is 0 Å². The molecule has 25 heavy (non-hydrogen) atoms. The number of benzene rings is 1. The van der Waals surface area contributed by atoms with Crippen LogP contribution in [-0.2, 0) is 7.05 Å². The normalized spacial score (nSPS) is 18.3. The minimum atomic E-state index is 0.0406. The number of carbonyl (C=O) groups excluding carboxylic acids is 1. The molecule has 3 aromatic rings. The number of hydrogen-bond donors (Lipinski definition) is 0. The van der Waals surface area contributed by atoms with Crippen LogP contribution in [0.4, 0.5) is 0 Å². The fraction of sp³-hybridized carbons (Fsp3) is 0.333. The van der Waals surface area contributed by atoms with Crippen LogP contribution in [0.1, 0.15) is 47.9 Å². The highest BCUT2D eigenvalue weighted by Crippen LogP contribution is 2.31. The van der Waals surface area contributed by atoms with Crippen LogP contribution in [0.2, 0.25) is 0 Å². The van der Waals surface area contributed by atoms with Crippen molar-refractivity contribution in [3.05, 3.63) is 66.1 Å². The quantitative estimate of drug-likeness (QED) is 0.700. The molecule has 1 aliphatic heterocycles. The van der Waals surface area contributed by atoms with E-state index in [2.05, 4.69) is 34.9 Å². The molecular weight excluding hydrogens is 310 g/mol. The number of pyridine rings is 1. The van der Waals surface area contributed by atoms with Gasteiger partial charge in [-0.3, -0.25) is 4.79 Å². The smallest absolute Gasteiger partial charge is 0.273 e. The Labute approximate surface area is 148 Å². The predicted octanol–water partition coefficient (Wildman–Crippen LogP) is 4.33. The van der Waals surface area contributed by atoms with Crippen LogP contribution < -0.4 is 0 Å². The van der Waals surface area contributed by atoms with Crippen LogP contribution in [0, 0.1) is 0 Å². The molecule has 4 nitrogen and oxygen atoms in total. The lowest BCUT2D eigenvalue weighted by Crippen LogP contribution is -2.36. The zero-order chi connectivity index (χ0) is 17.2. The molecule has 1 aliphatic rings. The van der Waals surface area contributed by atoms with Gasteiger partial charge in [0.25, 0.3) is 5.91 Å². The molecule has 0 N–H and O–H groups in total. The van der Waals surface area contributed by atoms with Gasteiger partial charge in [-0.2, -0.15) is 0 Å². The summed E-state index contributed by atoms with van der Waals surface area (Å²) in [6, 6.07) is 16.1. The van der Waals surface area contributed by atoms with Gasteiger partial charge in [-0.15, -0.1) is 0 Å². The summed E-state index contributed by atoms with van der Waals surface area (Å²) in [7, 11) is 2.05. The Morgan fingerprint density at radius 2 is 1.92 bits per heavy atom. The van der Waals surface area contributed by atoms with E-state index in [-0.39, 0.29) is 11.9 Å². The number of fused-ring (bicyclic) bond motifs is 1. The largest absolute Gasteiger partial charge is 0.353 e. The molecule has 4 heteroatoms. The lowest BCUT2D eigenvalue weighted by atomic mass is 10.1. The maximum atomic E-state index is 13.3. The van der Waals surface area contributed by atoms with Gasteiger partial charge in [0.2, 0.25) is 0 Å². The van der Waals surface area contributed by atoms with E-state index >= 15 is 0 Å². The number of aryl methyl sites for hydroxylation is 1. The summed E-state index contributed by atoms with van der Waals surface area (Å²) >= 11 is 0. The summed E-state index contributed by atoms with van der Waals surface area (Å²) in [5.41, 5.74) is 2.62. The van der Waals surface area contributed by atoms with E-state index < -0.39 is 0 Å². The lowest BCUT2D eigenvalue weighted by Gasteiger charge is -2.30. The molecular formula is C21H23N3O. The van der Waals surface area contributed by atoms with Gasteiger partial charge in [0.05, 0.1) is 11.6 Å². The first kappa shape index (κ1) is 15.9. The van der Waals surface area contributed by atoms with E-state index in [0.717, 1.165) is 36.7 Å². The maximum absolute atomic E-state index is 13.3. The van der Waals surface area contributed by atoms with Crippen molar-refractivity contribution < 1.29 is 4.79 Å². The average Bonchev–Trinajstić information content (AvgIpc) is 2.92. The Morgan fingerprint density at radius 1 is 1.04 bits per heavy atom. The maximum Gasteiger partial charge on any atom is 0.273 e. The number of nitrogens with zero attached hydrogens (tertiary/aromatic N) is 3. The number of carbonyl (C=O) groups is 1. The number of para-hydroxylation sites is 1. The highest BCUT2D eigenvalue weighted by molar-refractivity contribution is 5.95. The Balaban J connectivity index is 1.70. The minimum Gasteiger partial charge on any atom is -0.353 e. The van der Waals surface area contributed by atoms with Crippen molar-refractivity contribution in [2.24, 2.45) is 7.05 Å². The summed E-state index contributed by atoms with van der Waals surface area (Å²) in [6.07, 6.45) is 6.45. The van der Waals surface area contributed by atoms with Gasteiger partial charge in [0.15, 0.2) is 0 Å². The highest BCUT2D eigenvalue weighted by Gasteiger charge is 2.29. The third-order valence-electron chi connectivity index (χ3n) is 5.16. The zero-order valence-electron chi connectivity index (χ0n) is 14.6. The second-order valence-electron chi connectivity index (χ2n) is 6.80. The predicted molar refractivity (Wildman–Crippen MR) is 99.4 cm³/mol. The molecule has 0 unspecified atom stereocenters. The summed E-state index contributed by atoms with van der Waals surface area (Å²) < 4.78 is 2.13. The summed E-state index contributed by atoms with van der Waals surface area (Å²) in [6.45, 7) is 0.795. The van der Waals surface area contributed by atoms with Crippen molar-refractivity contribution in [3.63, 3.8) is 0 Å². The van der Waals surface area contributed by atoms with Gasteiger partial charge in [-0.25, -0.2) is 4.98 Å². The first-order valence-electron chi connectivity index (χ1n) is 9.02. The summed E-state index contributed by atoms with van der Waals surface area (Å²) in [4.78, 5) is 19.9. The first-order valence-corrected chi connectivity index (χ1v) is 9.02. The summed E-state index contributed by atoms with van der Waals surface area (Å²) in [5.74, 6) is 0.0406. The Kier molecular flexibility index (Phi) is 4.26. The van der Waals surface area contributed by atoms with E-state index in [0.29, 0.717) is 5.69 Å². The molecule has 0 saturated carbocycles. The minimum absolute atomic E-state index is 0.0406. The van der Waals surface area contributed by atoms with Gasteiger partial charge in [-0.1, -0.05) is 37.1 Å². The molecule has 2 aromatic heterocycles. The molecule has 0 radical (unpaired) electrons. The number of aromatic nitrogens is 2. The van der Waals surface area contributed by atoms with E-state index in [9.17, 15) is 4.79 Å². The van der Waals surface area contributed by atoms with Crippen molar-refractivity contribution in [1.29, 1.82) is 0 Å². The SMILES string of the molecule is Cn1cccc1[C@H]1CCCCCN1C(=O)c1ccc2ccccc2n1. The molecule has 1 amide bonds. The second kappa shape index (κ2) is 6.71. The fourth-order valence-electron chi connectivity index (χ4n) is 3.81. The Bertz CT molecular complexity index is 899. The number of rotatable bonds is 2. The Hall–Kier alpha value is -2.62. The third-order valence-corrected chi connectivity index (χ3v) is 5.16. The third kappa shape index (κ3) is 3.04. The zero-order valence-corrected chi connectivity index (χ0v) is 14.6. The summed E-state index contributed by atoms with van der Waals surface area (Å²) in [5, 5.41) is 1.06. The van der Waals surface area contributed by atoms with Crippen molar-refractivity contribution in [2.45, 2.75) is 31.7 Å². The first-order chi connectivity index (χ1) is 12.2. The van der Waals surface area contributed by atoms with Crippen molar-refractivity contribution >= 4 is 16.8 Å². The van der Waals surface area contributed by atoms with Crippen LogP contribution in [0.3, 0.4) is 0 Å². The second-order valence-corrected chi connectivity index (χ2v) is 6.80. The molecule has 128 valence electrons. The molecule has 0 spiro atoms. The van der Waals surface area contributed by atoms with Crippen LogP contribution >= 0.6 is 0 Å². The van der Waals surface area contributed by atoms with Gasteiger partial charge < -0.3 is 9.47 Å². The van der Waals surface area contributed by atoms with Crippen molar-refractivity contribution in [3.8, 4) is 0 Å². The number of hydrogen-bond acceptors (Lipinski definition) is 2. The monoisotopic (exact) mass is 333 g/mol. The topological polar surface area (TPSA) is 38.1 Å². The van der Waals surface area contributed by atoms with Gasteiger partial charge in [0.1, 0.15) is 5.69 Å². The Morgan fingerprint density at radius 3 is 2.76 bits per heavy atom. The molecule has 1 fully saturated rings. The van der Waals surface area contributed by atoms with Crippen LogP contribution in [0.25, 0.3) is 10.9 Å². The van der Waals surface area contributed by atoms with Crippen LogP contribution in [-0.4, -0.2) is 26.9 Å². The molecule has 1 atom stereocenters. The van der Waals surface area contributed by atoms with E-state index in [1.807, 2.05) is 41.3 Å². The number of likely N-dealkylation sites (tertiary alicyclic amines) is 1. The standard InChI is InChI=1S/C21H23N3O/c1-23-14-7-11-19(23)20-10-3-2-6-15-24(20)21(25)18-13-12-16-8-4-5-9-17(16)22-18/h4-5,7-9,11-14,20H,2-3,6,10,15H2,1H3/t20-/m1/s1. The average molecular weight is 333 g/mol. The highest BCUT2D eigenvalue weighted by atomic mass is 16.2. The van der Waals surface area contributed by atoms with E-state index in [1.165, 1.54) is 12.1 Å². The van der Waals surface area contributed by atoms with Gasteiger partial charge in [-0.05, 0) is 37.1 Å². The lowest BCUT2D eigenvalue weighted by molar-refractivity contribution is 0.0669. The van der Waals surface area contributed by atoms with E-state index in [4.69, 9.17) is 0 Å². The molecule has 1 aromatic carbocycles. The molecule has 0 bridgehead atoms. The van der Waals surface area contributed by atoms with Gasteiger partial charge >= 0.3 is 0 Å². The van der Waals surface area contributed by atoms with Crippen molar-refractivity contribution in [2.75, 3.05) is 6.54 Å². The van der Waals surface area contributed by atoms with E-state index in [1.54, 1.807) is 0 Å².